The number of rotatable bonds is 6. The van der Waals surface area contributed by atoms with Gasteiger partial charge < -0.3 is 14.1 Å². The molecule has 2 aromatic rings. The number of likely N-dealkylation sites (tertiary alicyclic amines) is 1. The molecule has 1 aromatic carbocycles. The molecule has 0 saturated carbocycles. The van der Waals surface area contributed by atoms with E-state index in [-0.39, 0.29) is 25.6 Å². The molecule has 1 N–H and O–H groups in total. The van der Waals surface area contributed by atoms with E-state index in [0.29, 0.717) is 31.7 Å². The summed E-state index contributed by atoms with van der Waals surface area (Å²) < 4.78 is 38.5. The fraction of sp³-hybridized carbons (Fsp3) is 0.364. The van der Waals surface area contributed by atoms with Gasteiger partial charge in [-0.05, 0) is 24.5 Å². The van der Waals surface area contributed by atoms with E-state index in [2.05, 4.69) is 11.9 Å². The molecule has 2 aliphatic heterocycles. The minimum Gasteiger partial charge on any atom is -0.445 e. The van der Waals surface area contributed by atoms with Crippen LogP contribution in [0, 0.1) is 0 Å². The van der Waals surface area contributed by atoms with E-state index < -0.39 is 27.3 Å². The van der Waals surface area contributed by atoms with E-state index in [1.165, 1.54) is 4.31 Å². The highest BCUT2D eigenvalue weighted by atomic mass is 32.2. The lowest BCUT2D eigenvalue weighted by Crippen LogP contribution is -2.45. The van der Waals surface area contributed by atoms with Gasteiger partial charge in [0.05, 0.1) is 11.8 Å². The maximum Gasteiger partial charge on any atom is 0.410 e. The number of carbonyl (C=O) groups is 2. The smallest absolute Gasteiger partial charge is 0.410 e. The molecule has 10 heteroatoms. The maximum absolute atomic E-state index is 13.1. The van der Waals surface area contributed by atoms with Crippen molar-refractivity contribution in [2.45, 2.75) is 37.8 Å². The van der Waals surface area contributed by atoms with E-state index in [9.17, 15) is 18.0 Å². The van der Waals surface area contributed by atoms with Crippen molar-refractivity contribution in [1.29, 1.82) is 0 Å². The zero-order chi connectivity index (χ0) is 22.7. The van der Waals surface area contributed by atoms with Crippen LogP contribution in [-0.2, 0) is 39.3 Å². The fourth-order valence-electron chi connectivity index (χ4n) is 3.91. The van der Waals surface area contributed by atoms with Crippen LogP contribution in [0.25, 0.3) is 0 Å². The van der Waals surface area contributed by atoms with E-state index >= 15 is 0 Å². The summed E-state index contributed by atoms with van der Waals surface area (Å²) in [6, 6.07) is 11.0. The molecule has 1 saturated heterocycles. The highest BCUT2D eigenvalue weighted by Gasteiger charge is 2.39. The predicted molar refractivity (Wildman–Crippen MR) is 117 cm³/mol. The second kappa shape index (κ2) is 9.17. The number of fused-ring (bicyclic) bond motifs is 1. The van der Waals surface area contributed by atoms with Gasteiger partial charge in [-0.3, -0.25) is 10.1 Å². The quantitative estimate of drug-likeness (QED) is 0.666. The number of ether oxygens (including phenoxy) is 1. The van der Waals surface area contributed by atoms with Crippen LogP contribution in [0.5, 0.6) is 0 Å². The molecule has 9 nitrogen and oxygen atoms in total. The van der Waals surface area contributed by atoms with Gasteiger partial charge in [-0.1, -0.05) is 36.9 Å². The van der Waals surface area contributed by atoms with Crippen LogP contribution in [0.2, 0.25) is 0 Å². The first-order valence-corrected chi connectivity index (χ1v) is 11.9. The van der Waals surface area contributed by atoms with Crippen LogP contribution in [0.3, 0.4) is 0 Å². The lowest BCUT2D eigenvalue weighted by molar-refractivity contribution is -0.112. The first kappa shape index (κ1) is 22.1. The molecule has 32 heavy (non-hydrogen) atoms. The Kier molecular flexibility index (Phi) is 6.33. The van der Waals surface area contributed by atoms with E-state index in [1.807, 2.05) is 30.3 Å². The fourth-order valence-corrected chi connectivity index (χ4v) is 5.76. The van der Waals surface area contributed by atoms with Gasteiger partial charge in [-0.15, -0.1) is 0 Å². The summed E-state index contributed by atoms with van der Waals surface area (Å²) in [5.74, 6) is 0.407. The standard InChI is InChI=1S/C22H25N3O6S/c1-2-20(26)23-21-12-17-13-25(14-19(17)31-21)32(28,29)18-8-10-24(11-9-18)22(27)30-15-16-6-4-3-5-7-16/h2-7,12,18H,1,8-11,13-15H2,(H,23,26). The molecule has 1 aromatic heterocycles. The molecule has 1 fully saturated rings. The minimum atomic E-state index is -3.55. The Labute approximate surface area is 186 Å². The zero-order valence-electron chi connectivity index (χ0n) is 17.5. The predicted octanol–water partition coefficient (Wildman–Crippen LogP) is 2.85. The van der Waals surface area contributed by atoms with Gasteiger partial charge >= 0.3 is 6.09 Å². The number of hydrogen-bond acceptors (Lipinski definition) is 6. The Morgan fingerprint density at radius 1 is 1.19 bits per heavy atom. The Bertz CT molecular complexity index is 1080. The van der Waals surface area contributed by atoms with Gasteiger partial charge in [0.25, 0.3) is 0 Å². The average molecular weight is 460 g/mol. The number of nitrogens with one attached hydrogen (secondary N) is 1. The van der Waals surface area contributed by atoms with E-state index in [0.717, 1.165) is 17.2 Å². The summed E-state index contributed by atoms with van der Waals surface area (Å²) in [6.45, 7) is 4.55. The molecule has 2 aliphatic rings. The minimum absolute atomic E-state index is 0.126. The molecule has 170 valence electrons. The van der Waals surface area contributed by atoms with Crippen molar-refractivity contribution in [3.05, 3.63) is 65.9 Å². The molecule has 0 unspecified atom stereocenters. The van der Waals surface area contributed by atoms with Crippen LogP contribution >= 0.6 is 0 Å². The van der Waals surface area contributed by atoms with Crippen LogP contribution in [0.4, 0.5) is 10.7 Å². The van der Waals surface area contributed by atoms with E-state index in [1.54, 1.807) is 11.0 Å². The Balaban J connectivity index is 1.29. The van der Waals surface area contributed by atoms with E-state index in [4.69, 9.17) is 9.15 Å². The molecule has 3 heterocycles. The SMILES string of the molecule is C=CC(=O)Nc1cc2c(o1)CN(S(=O)(=O)C1CCN(C(=O)OCc3ccccc3)CC1)C2. The number of carbonyl (C=O) groups excluding carboxylic acids is 2. The molecular weight excluding hydrogens is 434 g/mol. The van der Waals surface area contributed by atoms with Crippen molar-refractivity contribution in [3.63, 3.8) is 0 Å². The van der Waals surface area contributed by atoms with Gasteiger partial charge in [0.2, 0.25) is 15.9 Å². The molecule has 0 bridgehead atoms. The first-order chi connectivity index (χ1) is 15.4. The third-order valence-electron chi connectivity index (χ3n) is 5.68. The maximum atomic E-state index is 13.1. The monoisotopic (exact) mass is 459 g/mol. The Morgan fingerprint density at radius 3 is 2.56 bits per heavy atom. The second-order valence-electron chi connectivity index (χ2n) is 7.79. The van der Waals surface area contributed by atoms with Crippen LogP contribution in [0.15, 0.2) is 53.5 Å². The zero-order valence-corrected chi connectivity index (χ0v) is 18.3. The van der Waals surface area contributed by atoms with Crippen LogP contribution in [-0.4, -0.2) is 48.0 Å². The van der Waals surface area contributed by atoms with Crippen molar-refractivity contribution in [2.75, 3.05) is 18.4 Å². The number of sulfonamides is 1. The van der Waals surface area contributed by atoms with Crippen molar-refractivity contribution < 1.29 is 27.2 Å². The van der Waals surface area contributed by atoms with Gasteiger partial charge in [-0.25, -0.2) is 13.2 Å². The lowest BCUT2D eigenvalue weighted by atomic mass is 10.1. The van der Waals surface area contributed by atoms with Crippen molar-refractivity contribution in [3.8, 4) is 0 Å². The number of hydrogen-bond donors (Lipinski definition) is 1. The average Bonchev–Trinajstić information content (AvgIpc) is 3.37. The van der Waals surface area contributed by atoms with Crippen molar-refractivity contribution >= 4 is 27.9 Å². The molecular formula is C22H25N3O6S. The number of piperidine rings is 1. The molecule has 0 radical (unpaired) electrons. The Hall–Kier alpha value is -3.11. The van der Waals surface area contributed by atoms with Crippen molar-refractivity contribution in [2.24, 2.45) is 0 Å². The largest absolute Gasteiger partial charge is 0.445 e. The molecule has 0 aliphatic carbocycles. The molecule has 4 rings (SSSR count). The molecule has 2 amide bonds. The van der Waals surface area contributed by atoms with Gasteiger partial charge in [0, 0.05) is 31.3 Å². The van der Waals surface area contributed by atoms with Crippen molar-refractivity contribution in [1.82, 2.24) is 9.21 Å². The number of anilines is 1. The third-order valence-corrected chi connectivity index (χ3v) is 7.97. The third kappa shape index (κ3) is 4.71. The van der Waals surface area contributed by atoms with Gasteiger partial charge in [0.15, 0.2) is 5.88 Å². The van der Waals surface area contributed by atoms with Crippen LogP contribution < -0.4 is 5.32 Å². The molecule has 0 spiro atoms. The highest BCUT2D eigenvalue weighted by molar-refractivity contribution is 7.89. The molecule has 0 atom stereocenters. The number of furan rings is 1. The normalized spacial score (nSPS) is 17.1. The van der Waals surface area contributed by atoms with Crippen LogP contribution in [0.1, 0.15) is 29.7 Å². The topological polar surface area (TPSA) is 109 Å². The summed E-state index contributed by atoms with van der Waals surface area (Å²) in [5, 5.41) is 1.97. The summed E-state index contributed by atoms with van der Waals surface area (Å²) in [6.07, 6.45) is 1.40. The number of amides is 2. The summed E-state index contributed by atoms with van der Waals surface area (Å²) in [7, 11) is -3.55. The highest BCUT2D eigenvalue weighted by Crippen LogP contribution is 2.33. The number of benzene rings is 1. The summed E-state index contributed by atoms with van der Waals surface area (Å²) in [5.41, 5.74) is 1.63. The Morgan fingerprint density at radius 2 is 1.91 bits per heavy atom. The first-order valence-electron chi connectivity index (χ1n) is 10.4. The lowest BCUT2D eigenvalue weighted by Gasteiger charge is -2.32. The summed E-state index contributed by atoms with van der Waals surface area (Å²) >= 11 is 0. The van der Waals surface area contributed by atoms with Gasteiger partial charge in [0.1, 0.15) is 12.4 Å². The number of nitrogens with zero attached hydrogens (tertiary/aromatic N) is 2. The van der Waals surface area contributed by atoms with Gasteiger partial charge in [-0.2, -0.15) is 4.31 Å². The summed E-state index contributed by atoms with van der Waals surface area (Å²) in [4.78, 5) is 25.3. The second-order valence-corrected chi connectivity index (χ2v) is 10.0.